The van der Waals surface area contributed by atoms with E-state index in [4.69, 9.17) is 14.5 Å². The summed E-state index contributed by atoms with van der Waals surface area (Å²) >= 11 is 0. The maximum absolute atomic E-state index is 12.6. The molecule has 0 atom stereocenters. The summed E-state index contributed by atoms with van der Waals surface area (Å²) in [4.78, 5) is 22.6. The first-order valence-electron chi connectivity index (χ1n) is 9.69. The minimum atomic E-state index is -0.0350. The van der Waals surface area contributed by atoms with Crippen LogP contribution in [0.1, 0.15) is 22.4 Å². The van der Waals surface area contributed by atoms with Crippen LogP contribution in [-0.2, 0) is 19.5 Å². The molecule has 0 fully saturated rings. The highest BCUT2D eigenvalue weighted by Crippen LogP contribution is 2.27. The van der Waals surface area contributed by atoms with Crippen molar-refractivity contribution in [2.45, 2.75) is 26.4 Å². The lowest BCUT2D eigenvalue weighted by Crippen LogP contribution is -2.35. The van der Waals surface area contributed by atoms with Crippen molar-refractivity contribution in [1.29, 1.82) is 0 Å². The molecular weight excluding hydrogens is 366 g/mol. The zero-order valence-corrected chi connectivity index (χ0v) is 17.0. The smallest absolute Gasteiger partial charge is 0.254 e. The van der Waals surface area contributed by atoms with Crippen LogP contribution in [0.5, 0.6) is 11.5 Å². The molecular formula is C23H25N3O3. The molecule has 29 heavy (non-hydrogen) atoms. The van der Waals surface area contributed by atoms with Crippen LogP contribution < -0.4 is 15.0 Å². The van der Waals surface area contributed by atoms with Gasteiger partial charge in [-0.3, -0.25) is 9.69 Å². The van der Waals surface area contributed by atoms with Gasteiger partial charge in [0.25, 0.3) is 5.56 Å². The van der Waals surface area contributed by atoms with E-state index in [1.165, 1.54) is 5.56 Å². The summed E-state index contributed by atoms with van der Waals surface area (Å²) in [6.45, 7) is 4.20. The lowest BCUT2D eigenvalue weighted by molar-refractivity contribution is 0.237. The van der Waals surface area contributed by atoms with Crippen molar-refractivity contribution in [3.63, 3.8) is 0 Å². The maximum atomic E-state index is 12.6. The fraction of sp³-hybridized carbons (Fsp3) is 0.304. The number of nitrogens with one attached hydrogen (secondary N) is 1. The lowest BCUT2D eigenvalue weighted by Gasteiger charge is -2.28. The van der Waals surface area contributed by atoms with Crippen molar-refractivity contribution in [2.24, 2.45) is 0 Å². The molecule has 0 saturated heterocycles. The second kappa shape index (κ2) is 8.09. The highest BCUT2D eigenvalue weighted by atomic mass is 16.5. The Morgan fingerprint density at radius 1 is 1.10 bits per heavy atom. The van der Waals surface area contributed by atoms with Gasteiger partial charge < -0.3 is 14.5 Å². The molecule has 0 saturated carbocycles. The summed E-state index contributed by atoms with van der Waals surface area (Å²) in [5, 5.41) is 0. The summed E-state index contributed by atoms with van der Waals surface area (Å²) in [6.07, 6.45) is 0.685. The largest absolute Gasteiger partial charge is 0.497 e. The molecule has 0 unspecified atom stereocenters. The summed E-state index contributed by atoms with van der Waals surface area (Å²) in [5.41, 5.74) is 4.78. The number of aryl methyl sites for hydroxylation is 1. The Bertz CT molecular complexity index is 1070. The van der Waals surface area contributed by atoms with Crippen molar-refractivity contribution in [1.82, 2.24) is 14.9 Å². The minimum Gasteiger partial charge on any atom is -0.497 e. The molecule has 1 N–H and O–H groups in total. The number of rotatable bonds is 5. The fourth-order valence-electron chi connectivity index (χ4n) is 3.70. The van der Waals surface area contributed by atoms with E-state index >= 15 is 0 Å². The average Bonchev–Trinajstić information content (AvgIpc) is 2.74. The van der Waals surface area contributed by atoms with E-state index in [1.807, 2.05) is 49.4 Å². The molecule has 0 bridgehead atoms. The fourth-order valence-corrected chi connectivity index (χ4v) is 3.70. The Morgan fingerprint density at radius 2 is 1.90 bits per heavy atom. The number of ether oxygens (including phenoxy) is 2. The molecule has 1 aromatic heterocycles. The first-order chi connectivity index (χ1) is 14.1. The van der Waals surface area contributed by atoms with Gasteiger partial charge >= 0.3 is 0 Å². The molecule has 6 heteroatoms. The van der Waals surface area contributed by atoms with Crippen molar-refractivity contribution in [2.75, 3.05) is 20.8 Å². The molecule has 1 aliphatic rings. The molecule has 3 aromatic rings. The van der Waals surface area contributed by atoms with Gasteiger partial charge in [0.1, 0.15) is 17.3 Å². The summed E-state index contributed by atoms with van der Waals surface area (Å²) < 4.78 is 10.8. The number of fused-ring (bicyclic) bond motifs is 1. The van der Waals surface area contributed by atoms with Gasteiger partial charge in [-0.25, -0.2) is 4.98 Å². The average molecular weight is 391 g/mol. The molecule has 1 aliphatic heterocycles. The summed E-state index contributed by atoms with van der Waals surface area (Å²) in [6, 6.07) is 13.9. The first-order valence-corrected chi connectivity index (χ1v) is 9.69. The second-order valence-corrected chi connectivity index (χ2v) is 7.34. The van der Waals surface area contributed by atoms with Gasteiger partial charge in [0, 0.05) is 42.4 Å². The van der Waals surface area contributed by atoms with Gasteiger partial charge in [-0.15, -0.1) is 0 Å². The molecule has 6 nitrogen and oxygen atoms in total. The predicted molar refractivity (Wildman–Crippen MR) is 112 cm³/mol. The van der Waals surface area contributed by atoms with E-state index in [0.29, 0.717) is 18.8 Å². The molecule has 4 rings (SSSR count). The van der Waals surface area contributed by atoms with Crippen LogP contribution in [-0.4, -0.2) is 35.6 Å². The van der Waals surface area contributed by atoms with E-state index < -0.39 is 0 Å². The van der Waals surface area contributed by atoms with Crippen LogP contribution in [0.25, 0.3) is 11.4 Å². The molecule has 0 spiro atoms. The third kappa shape index (κ3) is 4.03. The van der Waals surface area contributed by atoms with Gasteiger partial charge in [-0.2, -0.15) is 0 Å². The number of methoxy groups -OCH3 is 2. The third-order valence-electron chi connectivity index (χ3n) is 5.37. The molecule has 0 aliphatic carbocycles. The third-order valence-corrected chi connectivity index (χ3v) is 5.37. The zero-order valence-electron chi connectivity index (χ0n) is 17.0. The number of aromatic amines is 1. The quantitative estimate of drug-likeness (QED) is 0.723. The van der Waals surface area contributed by atoms with Crippen molar-refractivity contribution < 1.29 is 9.47 Å². The maximum Gasteiger partial charge on any atom is 0.254 e. The number of hydrogen-bond acceptors (Lipinski definition) is 5. The number of hydrogen-bond donors (Lipinski definition) is 1. The van der Waals surface area contributed by atoms with Gasteiger partial charge in [0.2, 0.25) is 0 Å². The zero-order chi connectivity index (χ0) is 20.4. The number of aromatic nitrogens is 2. The van der Waals surface area contributed by atoms with Gasteiger partial charge in [-0.05, 0) is 19.4 Å². The van der Waals surface area contributed by atoms with E-state index in [-0.39, 0.29) is 5.56 Å². The molecule has 0 amide bonds. The Kier molecular flexibility index (Phi) is 5.36. The number of H-pyrrole nitrogens is 1. The van der Waals surface area contributed by atoms with Gasteiger partial charge in [0.15, 0.2) is 0 Å². The van der Waals surface area contributed by atoms with E-state index in [2.05, 4.69) is 9.88 Å². The van der Waals surface area contributed by atoms with Crippen molar-refractivity contribution in [3.8, 4) is 22.9 Å². The molecule has 2 heterocycles. The van der Waals surface area contributed by atoms with Crippen molar-refractivity contribution in [3.05, 3.63) is 75.2 Å². The standard InChI is InChI=1S/C23H25N3O3/c1-15-4-6-16(7-5-15)22-24-20-14-26(11-10-19(20)23(27)25-22)13-17-8-9-18(28-2)12-21(17)29-3/h4-9,12H,10-11,13-14H2,1-3H3,(H,24,25,27). The second-order valence-electron chi connectivity index (χ2n) is 7.34. The van der Waals surface area contributed by atoms with Crippen LogP contribution in [0.4, 0.5) is 0 Å². The normalized spacial score (nSPS) is 13.8. The monoisotopic (exact) mass is 391 g/mol. The minimum absolute atomic E-state index is 0.0350. The Labute approximate surface area is 170 Å². The Morgan fingerprint density at radius 3 is 2.62 bits per heavy atom. The van der Waals surface area contributed by atoms with Crippen LogP contribution in [0.3, 0.4) is 0 Å². The number of nitrogens with zero attached hydrogens (tertiary/aromatic N) is 2. The van der Waals surface area contributed by atoms with Crippen LogP contribution >= 0.6 is 0 Å². The highest BCUT2D eigenvalue weighted by Gasteiger charge is 2.22. The first kappa shape index (κ1) is 19.2. The van der Waals surface area contributed by atoms with E-state index in [0.717, 1.165) is 47.0 Å². The highest BCUT2D eigenvalue weighted by molar-refractivity contribution is 5.55. The van der Waals surface area contributed by atoms with E-state index in [1.54, 1.807) is 14.2 Å². The molecule has 150 valence electrons. The van der Waals surface area contributed by atoms with Gasteiger partial charge in [-0.1, -0.05) is 35.9 Å². The van der Waals surface area contributed by atoms with Crippen molar-refractivity contribution >= 4 is 0 Å². The van der Waals surface area contributed by atoms with E-state index in [9.17, 15) is 4.79 Å². The SMILES string of the molecule is COc1ccc(CN2CCc3c(nc(-c4ccc(C)cc4)[nH]c3=O)C2)c(OC)c1. The summed E-state index contributed by atoms with van der Waals surface area (Å²) in [7, 11) is 3.31. The Hall–Kier alpha value is -3.12. The molecule has 2 aromatic carbocycles. The van der Waals surface area contributed by atoms with Crippen LogP contribution in [0, 0.1) is 6.92 Å². The van der Waals surface area contributed by atoms with Crippen LogP contribution in [0.2, 0.25) is 0 Å². The number of benzene rings is 2. The molecule has 0 radical (unpaired) electrons. The lowest BCUT2D eigenvalue weighted by atomic mass is 10.0. The summed E-state index contributed by atoms with van der Waals surface area (Å²) in [5.74, 6) is 2.19. The van der Waals surface area contributed by atoms with Gasteiger partial charge in [0.05, 0.1) is 19.9 Å². The topological polar surface area (TPSA) is 67.5 Å². The van der Waals surface area contributed by atoms with Crippen LogP contribution in [0.15, 0.2) is 47.3 Å². The Balaban J connectivity index is 1.59. The predicted octanol–water partition coefficient (Wildman–Crippen LogP) is 3.32.